The Morgan fingerprint density at radius 1 is 1.29 bits per heavy atom. The summed E-state index contributed by atoms with van der Waals surface area (Å²) in [6.07, 6.45) is 1.97. The van der Waals surface area contributed by atoms with Crippen molar-refractivity contribution in [1.82, 2.24) is 0 Å². The predicted octanol–water partition coefficient (Wildman–Crippen LogP) is 3.17. The Balaban J connectivity index is 2.37. The first-order valence-electron chi connectivity index (χ1n) is 6.00. The van der Waals surface area contributed by atoms with E-state index < -0.39 is 11.6 Å². The molecule has 2 atom stereocenters. The van der Waals surface area contributed by atoms with Crippen LogP contribution >= 0.6 is 0 Å². The highest BCUT2D eigenvalue weighted by atomic mass is 19.2. The summed E-state index contributed by atoms with van der Waals surface area (Å²) in [5.74, 6) is -1.04. The molecule has 2 nitrogen and oxygen atoms in total. The van der Waals surface area contributed by atoms with Gasteiger partial charge in [0.2, 0.25) is 0 Å². The number of nitrogens with two attached hydrogens (primary N) is 1. The molecule has 1 heterocycles. The van der Waals surface area contributed by atoms with Crippen molar-refractivity contribution in [1.29, 1.82) is 0 Å². The number of nitrogens with zero attached hydrogens (tertiary/aromatic N) is 1. The molecule has 4 heteroatoms. The lowest BCUT2D eigenvalue weighted by atomic mass is 9.92. The quantitative estimate of drug-likeness (QED) is 0.764. The number of piperidine rings is 1. The van der Waals surface area contributed by atoms with Gasteiger partial charge >= 0.3 is 0 Å². The molecule has 0 saturated carbocycles. The molecule has 1 aromatic carbocycles. The van der Waals surface area contributed by atoms with Crippen LogP contribution in [0.5, 0.6) is 0 Å². The highest BCUT2D eigenvalue weighted by Crippen LogP contribution is 2.34. The topological polar surface area (TPSA) is 29.3 Å². The van der Waals surface area contributed by atoms with Gasteiger partial charge in [-0.05, 0) is 37.8 Å². The molecule has 1 aliphatic rings. The van der Waals surface area contributed by atoms with E-state index in [4.69, 9.17) is 5.73 Å². The highest BCUT2D eigenvalue weighted by molar-refractivity contribution is 5.69. The minimum atomic E-state index is -0.833. The summed E-state index contributed by atoms with van der Waals surface area (Å²) >= 11 is 0. The fourth-order valence-electron chi connectivity index (χ4n) is 2.59. The van der Waals surface area contributed by atoms with Gasteiger partial charge in [-0.3, -0.25) is 0 Å². The molecule has 2 unspecified atom stereocenters. The van der Waals surface area contributed by atoms with Crippen molar-refractivity contribution < 1.29 is 8.78 Å². The Hall–Kier alpha value is -1.32. The zero-order valence-electron chi connectivity index (χ0n) is 10.2. The van der Waals surface area contributed by atoms with Crippen LogP contribution in [0.15, 0.2) is 12.1 Å². The Kier molecular flexibility index (Phi) is 3.22. The Morgan fingerprint density at radius 2 is 2.00 bits per heavy atom. The second-order valence-corrected chi connectivity index (χ2v) is 4.97. The van der Waals surface area contributed by atoms with Crippen molar-refractivity contribution in [2.45, 2.75) is 32.7 Å². The van der Waals surface area contributed by atoms with Crippen LogP contribution in [0.2, 0.25) is 0 Å². The molecule has 0 radical (unpaired) electrons. The van der Waals surface area contributed by atoms with E-state index in [0.717, 1.165) is 25.5 Å². The molecule has 1 aromatic rings. The number of halogens is 2. The van der Waals surface area contributed by atoms with Crippen molar-refractivity contribution >= 4 is 11.4 Å². The summed E-state index contributed by atoms with van der Waals surface area (Å²) in [7, 11) is 0. The predicted molar refractivity (Wildman–Crippen MR) is 66.0 cm³/mol. The summed E-state index contributed by atoms with van der Waals surface area (Å²) in [6.45, 7) is 4.94. The number of anilines is 2. The lowest BCUT2D eigenvalue weighted by Gasteiger charge is -2.39. The molecule has 1 aliphatic heterocycles. The number of benzene rings is 1. The van der Waals surface area contributed by atoms with Crippen LogP contribution < -0.4 is 10.6 Å². The first-order valence-corrected chi connectivity index (χ1v) is 6.00. The smallest absolute Gasteiger partial charge is 0.184 e. The Morgan fingerprint density at radius 3 is 2.65 bits per heavy atom. The Labute approximate surface area is 100 Å². The number of nitrogen functional groups attached to an aromatic ring is 1. The monoisotopic (exact) mass is 240 g/mol. The highest BCUT2D eigenvalue weighted by Gasteiger charge is 2.27. The standard InChI is InChI=1S/C13H18F2N2/c1-8-5-6-17(9(2)7-8)13-11(16)4-3-10(14)12(13)15/h3-4,8-9H,5-7,16H2,1-2H3. The van der Waals surface area contributed by atoms with Crippen molar-refractivity contribution in [2.24, 2.45) is 5.92 Å². The average molecular weight is 240 g/mol. The third kappa shape index (κ3) is 2.21. The fraction of sp³-hybridized carbons (Fsp3) is 0.538. The maximum atomic E-state index is 13.8. The van der Waals surface area contributed by atoms with E-state index in [2.05, 4.69) is 6.92 Å². The first-order chi connectivity index (χ1) is 8.00. The van der Waals surface area contributed by atoms with Crippen LogP contribution in [0.1, 0.15) is 26.7 Å². The van der Waals surface area contributed by atoms with E-state index >= 15 is 0 Å². The van der Waals surface area contributed by atoms with Crippen LogP contribution in [-0.2, 0) is 0 Å². The lowest BCUT2D eigenvalue weighted by Crippen LogP contribution is -2.41. The van der Waals surface area contributed by atoms with Crippen LogP contribution in [0.25, 0.3) is 0 Å². The third-order valence-electron chi connectivity index (χ3n) is 3.53. The van der Waals surface area contributed by atoms with Crippen molar-refractivity contribution in [3.05, 3.63) is 23.8 Å². The van der Waals surface area contributed by atoms with E-state index in [9.17, 15) is 8.78 Å². The van der Waals surface area contributed by atoms with Crippen LogP contribution in [0.3, 0.4) is 0 Å². The normalized spacial score (nSPS) is 25.1. The second-order valence-electron chi connectivity index (χ2n) is 4.97. The summed E-state index contributed by atoms with van der Waals surface area (Å²) in [4.78, 5) is 1.88. The minimum Gasteiger partial charge on any atom is -0.397 e. The van der Waals surface area contributed by atoms with Crippen molar-refractivity contribution in [2.75, 3.05) is 17.2 Å². The fourth-order valence-corrected chi connectivity index (χ4v) is 2.59. The SMILES string of the molecule is CC1CCN(c2c(N)ccc(F)c2F)C(C)C1. The first kappa shape index (κ1) is 12.1. The van der Waals surface area contributed by atoms with Gasteiger partial charge in [0, 0.05) is 12.6 Å². The summed E-state index contributed by atoms with van der Waals surface area (Å²) in [5.41, 5.74) is 6.31. The molecule has 1 fully saturated rings. The number of hydrogen-bond donors (Lipinski definition) is 1. The zero-order chi connectivity index (χ0) is 12.6. The van der Waals surface area contributed by atoms with Crippen LogP contribution in [0.4, 0.5) is 20.2 Å². The molecule has 0 amide bonds. The van der Waals surface area contributed by atoms with Gasteiger partial charge in [-0.25, -0.2) is 8.78 Å². The molecule has 0 aliphatic carbocycles. The van der Waals surface area contributed by atoms with Gasteiger partial charge < -0.3 is 10.6 Å². The van der Waals surface area contributed by atoms with Gasteiger partial charge in [0.25, 0.3) is 0 Å². The second kappa shape index (κ2) is 4.51. The van der Waals surface area contributed by atoms with E-state index in [-0.39, 0.29) is 11.7 Å². The summed E-state index contributed by atoms with van der Waals surface area (Å²) in [6, 6.07) is 2.70. The van der Waals surface area contributed by atoms with Crippen molar-refractivity contribution in [3.63, 3.8) is 0 Å². The van der Waals surface area contributed by atoms with Crippen LogP contribution in [-0.4, -0.2) is 12.6 Å². The summed E-state index contributed by atoms with van der Waals surface area (Å²) < 4.78 is 27.1. The molecule has 0 bridgehead atoms. The molecule has 1 saturated heterocycles. The molecule has 0 aromatic heterocycles. The van der Waals surface area contributed by atoms with E-state index in [1.54, 1.807) is 0 Å². The molecule has 0 spiro atoms. The molecular formula is C13H18F2N2. The van der Waals surface area contributed by atoms with Gasteiger partial charge in [-0.15, -0.1) is 0 Å². The van der Waals surface area contributed by atoms with Gasteiger partial charge in [-0.2, -0.15) is 0 Å². The molecule has 17 heavy (non-hydrogen) atoms. The summed E-state index contributed by atoms with van der Waals surface area (Å²) in [5, 5.41) is 0. The van der Waals surface area contributed by atoms with Gasteiger partial charge in [0.15, 0.2) is 11.6 Å². The maximum Gasteiger partial charge on any atom is 0.184 e. The number of rotatable bonds is 1. The van der Waals surface area contributed by atoms with Crippen molar-refractivity contribution in [3.8, 4) is 0 Å². The lowest BCUT2D eigenvalue weighted by molar-refractivity contribution is 0.373. The average Bonchev–Trinajstić information content (AvgIpc) is 2.27. The van der Waals surface area contributed by atoms with Gasteiger partial charge in [0.05, 0.1) is 11.4 Å². The molecule has 2 rings (SSSR count). The third-order valence-corrected chi connectivity index (χ3v) is 3.53. The van der Waals surface area contributed by atoms with E-state index in [1.165, 1.54) is 6.07 Å². The molecule has 2 N–H and O–H groups in total. The molecular weight excluding hydrogens is 222 g/mol. The largest absolute Gasteiger partial charge is 0.397 e. The zero-order valence-corrected chi connectivity index (χ0v) is 10.2. The minimum absolute atomic E-state index is 0.192. The van der Waals surface area contributed by atoms with Gasteiger partial charge in [-0.1, -0.05) is 6.92 Å². The molecule has 94 valence electrons. The van der Waals surface area contributed by atoms with E-state index in [1.807, 2.05) is 11.8 Å². The van der Waals surface area contributed by atoms with Gasteiger partial charge in [0.1, 0.15) is 0 Å². The Bertz CT molecular complexity index is 420. The maximum absolute atomic E-state index is 13.8. The van der Waals surface area contributed by atoms with E-state index in [0.29, 0.717) is 11.6 Å². The number of hydrogen-bond acceptors (Lipinski definition) is 2. The van der Waals surface area contributed by atoms with Crippen LogP contribution in [0, 0.1) is 17.6 Å².